The minimum absolute atomic E-state index is 0.00561. The predicted octanol–water partition coefficient (Wildman–Crippen LogP) is 3.65. The van der Waals surface area contributed by atoms with Crippen molar-refractivity contribution in [2.75, 3.05) is 4.90 Å². The van der Waals surface area contributed by atoms with Gasteiger partial charge in [0.15, 0.2) is 11.8 Å². The largest absolute Gasteiger partial charge is 0.356 e. The van der Waals surface area contributed by atoms with Crippen LogP contribution in [0.3, 0.4) is 0 Å². The van der Waals surface area contributed by atoms with Crippen LogP contribution in [0, 0.1) is 0 Å². The first kappa shape index (κ1) is 22.7. The maximum Gasteiger partial charge on any atom is 0.278 e. The molecule has 3 aromatic rings. The molecule has 0 unspecified atom stereocenters. The van der Waals surface area contributed by atoms with E-state index < -0.39 is 48.3 Å². The van der Waals surface area contributed by atoms with Crippen LogP contribution in [0.15, 0.2) is 59.6 Å². The van der Waals surface area contributed by atoms with Crippen LogP contribution in [0.5, 0.6) is 0 Å². The molecule has 1 N–H and O–H groups in total. The Morgan fingerprint density at radius 1 is 1.15 bits per heavy atom. The van der Waals surface area contributed by atoms with E-state index in [4.69, 9.17) is 16.1 Å². The molecule has 0 radical (unpaired) electrons. The number of nitrogens with one attached hydrogen (secondary N) is 1. The number of anilines is 1. The van der Waals surface area contributed by atoms with Gasteiger partial charge in [-0.3, -0.25) is 24.5 Å². The minimum atomic E-state index is -2.87. The lowest BCUT2D eigenvalue weighted by atomic mass is 9.88. The Morgan fingerprint density at radius 3 is 2.42 bits per heavy atom. The van der Waals surface area contributed by atoms with Gasteiger partial charge in [-0.2, -0.15) is 0 Å². The Morgan fingerprint density at radius 2 is 1.88 bits per heavy atom. The van der Waals surface area contributed by atoms with Crippen LogP contribution in [0.4, 0.5) is 18.9 Å². The third-order valence-corrected chi connectivity index (χ3v) is 5.28. The molecule has 2 amide bonds. The molecule has 0 bridgehead atoms. The highest BCUT2D eigenvalue weighted by Crippen LogP contribution is 2.38. The average molecular weight is 480 g/mol. The number of alkyl halides is 4. The number of carbonyl (C=O) groups is 2. The lowest BCUT2D eigenvalue weighted by molar-refractivity contribution is -0.133. The van der Waals surface area contributed by atoms with Crippen molar-refractivity contribution in [1.29, 1.82) is 0 Å². The third kappa shape index (κ3) is 4.98. The molecule has 0 aliphatic heterocycles. The second kappa shape index (κ2) is 9.18. The third-order valence-electron chi connectivity index (χ3n) is 5.10. The maximum atomic E-state index is 14.0. The fourth-order valence-corrected chi connectivity index (χ4v) is 3.64. The molecule has 1 aliphatic rings. The smallest absolute Gasteiger partial charge is 0.278 e. The van der Waals surface area contributed by atoms with Crippen molar-refractivity contribution in [3.8, 4) is 11.3 Å². The number of aromatic nitrogens is 3. The number of benzene rings is 1. The second-order valence-electron chi connectivity index (χ2n) is 7.44. The molecule has 1 aromatic carbocycles. The van der Waals surface area contributed by atoms with Crippen molar-refractivity contribution in [2.24, 2.45) is 0 Å². The van der Waals surface area contributed by atoms with Crippen LogP contribution in [0.1, 0.15) is 24.6 Å². The van der Waals surface area contributed by atoms with Gasteiger partial charge in [0.1, 0.15) is 0 Å². The molecule has 0 spiro atoms. The summed E-state index contributed by atoms with van der Waals surface area (Å²) < 4.78 is 45.6. The van der Waals surface area contributed by atoms with Crippen LogP contribution < -0.4 is 10.2 Å². The van der Waals surface area contributed by atoms with Gasteiger partial charge >= 0.3 is 0 Å². The summed E-state index contributed by atoms with van der Waals surface area (Å²) >= 11 is 5.46. The van der Waals surface area contributed by atoms with Crippen molar-refractivity contribution in [1.82, 2.24) is 20.4 Å². The number of rotatable bonds is 7. The fourth-order valence-electron chi connectivity index (χ4n) is 3.54. The first-order valence-electron chi connectivity index (χ1n) is 9.81. The zero-order valence-corrected chi connectivity index (χ0v) is 17.6. The SMILES string of the molecule is O=C(NC1CC(F)(F)C1)[C@@H](c1cnccn1)N(C(=O)[C@H](F)Cl)c1ccc(-c2ccno2)cc1. The second-order valence-corrected chi connectivity index (χ2v) is 7.82. The molecule has 1 fully saturated rings. The van der Waals surface area contributed by atoms with Crippen molar-refractivity contribution in [2.45, 2.75) is 36.5 Å². The minimum Gasteiger partial charge on any atom is -0.356 e. The first-order chi connectivity index (χ1) is 15.7. The van der Waals surface area contributed by atoms with E-state index >= 15 is 0 Å². The summed E-state index contributed by atoms with van der Waals surface area (Å²) in [6, 6.07) is 5.40. The lowest BCUT2D eigenvalue weighted by Crippen LogP contribution is -2.54. The van der Waals surface area contributed by atoms with Crippen molar-refractivity contribution in [3.05, 3.63) is 60.8 Å². The molecule has 2 atom stereocenters. The standard InChI is InChI=1S/C21H17ClF3N5O3/c22-18(23)20(32)30(14-3-1-12(2-4-14)16-5-6-28-33-16)17(15-11-26-7-8-27-15)19(31)29-13-9-21(24,25)10-13/h1-8,11,13,17-18H,9-10H2,(H,29,31)/t17-,18+/m1/s1. The lowest BCUT2D eigenvalue weighted by Gasteiger charge is -2.37. The van der Waals surface area contributed by atoms with Gasteiger partial charge in [-0.1, -0.05) is 16.8 Å². The normalized spacial score (nSPS) is 17.0. The van der Waals surface area contributed by atoms with Gasteiger partial charge in [0.25, 0.3) is 17.5 Å². The fraction of sp³-hybridized carbons (Fsp3) is 0.286. The van der Waals surface area contributed by atoms with Crippen LogP contribution in [-0.4, -0.2) is 44.5 Å². The van der Waals surface area contributed by atoms with Crippen LogP contribution >= 0.6 is 11.6 Å². The van der Waals surface area contributed by atoms with Crippen LogP contribution in [0.2, 0.25) is 0 Å². The topological polar surface area (TPSA) is 101 Å². The van der Waals surface area contributed by atoms with Gasteiger partial charge in [-0.05, 0) is 24.3 Å². The first-order valence-corrected chi connectivity index (χ1v) is 10.3. The van der Waals surface area contributed by atoms with E-state index in [1.807, 2.05) is 0 Å². The molecule has 1 saturated carbocycles. The summed E-state index contributed by atoms with van der Waals surface area (Å²) in [6.07, 6.45) is 4.25. The van der Waals surface area contributed by atoms with Gasteiger partial charge in [-0.15, -0.1) is 0 Å². The number of hydrogen-bond donors (Lipinski definition) is 1. The highest BCUT2D eigenvalue weighted by atomic mass is 35.5. The molecule has 2 aromatic heterocycles. The number of hydrogen-bond acceptors (Lipinski definition) is 6. The van der Waals surface area contributed by atoms with Gasteiger partial charge in [0, 0.05) is 48.6 Å². The Labute approximate surface area is 190 Å². The number of nitrogens with zero attached hydrogens (tertiary/aromatic N) is 4. The quantitative estimate of drug-likeness (QED) is 0.519. The van der Waals surface area contributed by atoms with E-state index in [1.54, 1.807) is 18.2 Å². The van der Waals surface area contributed by atoms with E-state index in [0.717, 1.165) is 4.90 Å². The summed E-state index contributed by atoms with van der Waals surface area (Å²) in [6.45, 7) is 0. The summed E-state index contributed by atoms with van der Waals surface area (Å²) in [5.41, 5.74) is -1.73. The van der Waals surface area contributed by atoms with E-state index in [9.17, 15) is 22.8 Å². The van der Waals surface area contributed by atoms with Gasteiger partial charge in [0.2, 0.25) is 5.91 Å². The highest BCUT2D eigenvalue weighted by molar-refractivity contribution is 6.32. The van der Waals surface area contributed by atoms with Gasteiger partial charge < -0.3 is 9.84 Å². The van der Waals surface area contributed by atoms with Crippen LogP contribution in [-0.2, 0) is 9.59 Å². The van der Waals surface area contributed by atoms with E-state index in [-0.39, 0.29) is 11.4 Å². The predicted molar refractivity (Wildman–Crippen MR) is 111 cm³/mol. The zero-order valence-electron chi connectivity index (χ0n) is 16.9. The number of carbonyl (C=O) groups excluding carboxylic acids is 2. The summed E-state index contributed by atoms with van der Waals surface area (Å²) in [4.78, 5) is 34.7. The molecule has 8 nitrogen and oxygen atoms in total. The van der Waals surface area contributed by atoms with E-state index in [2.05, 4.69) is 20.4 Å². The molecule has 0 saturated heterocycles. The van der Waals surface area contributed by atoms with Crippen LogP contribution in [0.25, 0.3) is 11.3 Å². The number of amides is 2. The Balaban J connectivity index is 1.71. The summed E-state index contributed by atoms with van der Waals surface area (Å²) in [5, 5.41) is 6.10. The van der Waals surface area contributed by atoms with E-state index in [1.165, 1.54) is 36.9 Å². The van der Waals surface area contributed by atoms with Gasteiger partial charge in [-0.25, -0.2) is 13.2 Å². The number of halogens is 4. The molecule has 1 aliphatic carbocycles. The van der Waals surface area contributed by atoms with Gasteiger partial charge in [0.05, 0.1) is 18.1 Å². The van der Waals surface area contributed by atoms with Crippen molar-refractivity contribution in [3.63, 3.8) is 0 Å². The molecular formula is C21H17ClF3N5O3. The molecular weight excluding hydrogens is 463 g/mol. The molecule has 172 valence electrons. The summed E-state index contributed by atoms with van der Waals surface area (Å²) in [5.74, 6) is -4.46. The maximum absolute atomic E-state index is 14.0. The summed E-state index contributed by atoms with van der Waals surface area (Å²) in [7, 11) is 0. The van der Waals surface area contributed by atoms with Crippen molar-refractivity contribution >= 4 is 29.1 Å². The monoisotopic (exact) mass is 479 g/mol. The Kier molecular flexibility index (Phi) is 6.32. The molecule has 4 rings (SSSR count). The Bertz CT molecular complexity index is 1110. The molecule has 12 heteroatoms. The van der Waals surface area contributed by atoms with Crippen molar-refractivity contribution < 1.29 is 27.3 Å². The zero-order chi connectivity index (χ0) is 23.6. The van der Waals surface area contributed by atoms with E-state index in [0.29, 0.717) is 11.3 Å². The Hall–Kier alpha value is -3.47. The molecule has 33 heavy (non-hydrogen) atoms. The average Bonchev–Trinajstić information content (AvgIpc) is 3.31. The molecule has 2 heterocycles. The highest BCUT2D eigenvalue weighted by Gasteiger charge is 2.47.